The smallest absolute Gasteiger partial charge is 0.191 e. The molecule has 0 aromatic carbocycles. The summed E-state index contributed by atoms with van der Waals surface area (Å²) in [6.07, 6.45) is 2.40. The number of rotatable bonds is 8. The lowest BCUT2D eigenvalue weighted by Crippen LogP contribution is -2.53. The maximum atomic E-state index is 5.54. The summed E-state index contributed by atoms with van der Waals surface area (Å²) < 4.78 is 5.54. The van der Waals surface area contributed by atoms with E-state index in [-0.39, 0.29) is 24.0 Å². The monoisotopic (exact) mass is 509 g/mol. The molecule has 1 aromatic heterocycles. The molecule has 0 aliphatic carbocycles. The van der Waals surface area contributed by atoms with Crippen molar-refractivity contribution in [3.63, 3.8) is 0 Å². The van der Waals surface area contributed by atoms with Crippen LogP contribution < -0.4 is 10.6 Å². The lowest BCUT2D eigenvalue weighted by atomic mass is 9.92. The van der Waals surface area contributed by atoms with Crippen molar-refractivity contribution in [2.24, 2.45) is 10.9 Å². The summed E-state index contributed by atoms with van der Waals surface area (Å²) in [5.41, 5.74) is 1.11. The van der Waals surface area contributed by atoms with Gasteiger partial charge in [0.2, 0.25) is 0 Å². The van der Waals surface area contributed by atoms with E-state index in [4.69, 9.17) is 4.74 Å². The fourth-order valence-electron chi connectivity index (χ4n) is 3.66. The highest BCUT2D eigenvalue weighted by Gasteiger charge is 2.27. The number of nitrogens with one attached hydrogen (secondary N) is 2. The van der Waals surface area contributed by atoms with Crippen LogP contribution in [0.5, 0.6) is 0 Å². The number of thiazole rings is 1. The number of ether oxygens (including phenoxy) is 1. The number of nitrogens with zero attached hydrogens (tertiary/aromatic N) is 3. The highest BCUT2D eigenvalue weighted by atomic mass is 127. The molecule has 156 valence electrons. The molecule has 6 nitrogen and oxygen atoms in total. The second-order valence-corrected chi connectivity index (χ2v) is 8.13. The van der Waals surface area contributed by atoms with E-state index >= 15 is 0 Å². The highest BCUT2D eigenvalue weighted by molar-refractivity contribution is 14.0. The Labute approximate surface area is 185 Å². The average Bonchev–Trinajstić information content (AvgIpc) is 2.99. The molecule has 0 amide bonds. The van der Waals surface area contributed by atoms with E-state index < -0.39 is 0 Å². The van der Waals surface area contributed by atoms with E-state index in [1.165, 1.54) is 17.7 Å². The van der Waals surface area contributed by atoms with Crippen LogP contribution in [0.2, 0.25) is 0 Å². The quantitative estimate of drug-likeness (QED) is 0.320. The minimum atomic E-state index is 0. The molecule has 8 heteroatoms. The van der Waals surface area contributed by atoms with Gasteiger partial charge in [-0.2, -0.15) is 0 Å². The zero-order valence-electron chi connectivity index (χ0n) is 17.4. The third-order valence-electron chi connectivity index (χ3n) is 5.23. The Bertz CT molecular complexity index is 570. The van der Waals surface area contributed by atoms with Crippen LogP contribution in [0.15, 0.2) is 4.99 Å². The molecule has 0 saturated carbocycles. The van der Waals surface area contributed by atoms with Gasteiger partial charge in [-0.25, -0.2) is 4.98 Å². The van der Waals surface area contributed by atoms with Crippen molar-refractivity contribution >= 4 is 41.3 Å². The van der Waals surface area contributed by atoms with Crippen molar-refractivity contribution in [1.29, 1.82) is 0 Å². The van der Waals surface area contributed by atoms with Gasteiger partial charge in [0.05, 0.1) is 30.5 Å². The fourth-order valence-corrected chi connectivity index (χ4v) is 4.54. The van der Waals surface area contributed by atoms with Crippen LogP contribution in [0.1, 0.15) is 42.3 Å². The first-order valence-corrected chi connectivity index (χ1v) is 10.6. The van der Waals surface area contributed by atoms with E-state index in [0.717, 1.165) is 56.1 Å². The number of aromatic nitrogens is 1. The highest BCUT2D eigenvalue weighted by Crippen LogP contribution is 2.20. The van der Waals surface area contributed by atoms with Crippen molar-refractivity contribution in [3.8, 4) is 0 Å². The lowest BCUT2D eigenvalue weighted by molar-refractivity contribution is 0.00272. The molecule has 2 rings (SSSR count). The van der Waals surface area contributed by atoms with E-state index in [9.17, 15) is 0 Å². The van der Waals surface area contributed by atoms with Crippen molar-refractivity contribution in [1.82, 2.24) is 20.5 Å². The van der Waals surface area contributed by atoms with Gasteiger partial charge < -0.3 is 15.4 Å². The van der Waals surface area contributed by atoms with E-state index in [0.29, 0.717) is 12.0 Å². The van der Waals surface area contributed by atoms with Crippen LogP contribution >= 0.6 is 35.3 Å². The first-order chi connectivity index (χ1) is 12.6. The molecule has 1 fully saturated rings. The van der Waals surface area contributed by atoms with Gasteiger partial charge in [0.25, 0.3) is 0 Å². The Morgan fingerprint density at radius 3 is 2.41 bits per heavy atom. The van der Waals surface area contributed by atoms with Gasteiger partial charge in [-0.05, 0) is 19.8 Å². The van der Waals surface area contributed by atoms with E-state index in [1.54, 1.807) is 11.3 Å². The molecular weight excluding hydrogens is 473 g/mol. The summed E-state index contributed by atoms with van der Waals surface area (Å²) in [6.45, 7) is 14.1. The van der Waals surface area contributed by atoms with Crippen molar-refractivity contribution < 1.29 is 4.74 Å². The third-order valence-corrected chi connectivity index (χ3v) is 6.30. The first-order valence-electron chi connectivity index (χ1n) is 9.78. The summed E-state index contributed by atoms with van der Waals surface area (Å²) in [7, 11) is 1.83. The zero-order valence-corrected chi connectivity index (χ0v) is 20.5. The number of guanidine groups is 1. The maximum Gasteiger partial charge on any atom is 0.191 e. The summed E-state index contributed by atoms with van der Waals surface area (Å²) in [5, 5.41) is 8.11. The molecular formula is C19H36IN5OS. The van der Waals surface area contributed by atoms with Crippen molar-refractivity contribution in [3.05, 3.63) is 15.6 Å². The van der Waals surface area contributed by atoms with Crippen LogP contribution in [0, 0.1) is 19.8 Å². The Hall–Kier alpha value is -0.450. The van der Waals surface area contributed by atoms with Crippen LogP contribution in [-0.2, 0) is 11.3 Å². The van der Waals surface area contributed by atoms with Crippen molar-refractivity contribution in [2.45, 2.75) is 53.1 Å². The normalized spacial score (nSPS) is 16.9. The van der Waals surface area contributed by atoms with Gasteiger partial charge >= 0.3 is 0 Å². The zero-order chi connectivity index (χ0) is 18.9. The predicted octanol–water partition coefficient (Wildman–Crippen LogP) is 3.18. The number of morpholine rings is 1. The molecule has 1 unspecified atom stereocenters. The summed E-state index contributed by atoms with van der Waals surface area (Å²) in [5.74, 6) is 1.55. The molecule has 2 heterocycles. The van der Waals surface area contributed by atoms with Crippen LogP contribution in [-0.4, -0.2) is 61.8 Å². The van der Waals surface area contributed by atoms with Crippen LogP contribution in [0.3, 0.4) is 0 Å². The van der Waals surface area contributed by atoms with Gasteiger partial charge in [0, 0.05) is 37.6 Å². The Morgan fingerprint density at radius 2 is 1.89 bits per heavy atom. The summed E-state index contributed by atoms with van der Waals surface area (Å²) in [4.78, 5) is 12.8. The molecule has 0 spiro atoms. The SMILES string of the molecule is CCC(CC)C(CNC(=NC)NCc1sc(C)nc1C)N1CCOCC1.I. The largest absolute Gasteiger partial charge is 0.379 e. The fraction of sp³-hybridized carbons (Fsp3) is 0.789. The summed E-state index contributed by atoms with van der Waals surface area (Å²) >= 11 is 1.75. The van der Waals surface area contributed by atoms with Gasteiger partial charge in [0.1, 0.15) is 0 Å². The third kappa shape index (κ3) is 7.47. The number of aryl methyl sites for hydroxylation is 2. The average molecular weight is 510 g/mol. The van der Waals surface area contributed by atoms with Gasteiger partial charge in [-0.1, -0.05) is 26.7 Å². The topological polar surface area (TPSA) is 61.8 Å². The first kappa shape index (κ1) is 24.6. The maximum absolute atomic E-state index is 5.54. The number of aliphatic imine (C=N–C) groups is 1. The van der Waals surface area contributed by atoms with E-state index in [2.05, 4.69) is 53.2 Å². The summed E-state index contributed by atoms with van der Waals surface area (Å²) in [6, 6.07) is 0.514. The van der Waals surface area contributed by atoms with Gasteiger partial charge in [-0.15, -0.1) is 35.3 Å². The molecule has 1 aliphatic rings. The predicted molar refractivity (Wildman–Crippen MR) is 125 cm³/mol. The Balaban J connectivity index is 0.00000364. The van der Waals surface area contributed by atoms with Crippen LogP contribution in [0.4, 0.5) is 0 Å². The number of hydrogen-bond acceptors (Lipinski definition) is 5. The van der Waals surface area contributed by atoms with Gasteiger partial charge in [0.15, 0.2) is 5.96 Å². The Kier molecular flexibility index (Phi) is 11.7. The standard InChI is InChI=1S/C19H35N5OS.HI/c1-6-16(7-2)17(24-8-10-25-11-9-24)12-21-19(20-5)22-13-18-14(3)23-15(4)26-18;/h16-17H,6-13H2,1-5H3,(H2,20,21,22);1H. The molecule has 1 aromatic rings. The molecule has 0 bridgehead atoms. The van der Waals surface area contributed by atoms with Crippen molar-refractivity contribution in [2.75, 3.05) is 39.9 Å². The van der Waals surface area contributed by atoms with Gasteiger partial charge in [-0.3, -0.25) is 9.89 Å². The van der Waals surface area contributed by atoms with E-state index in [1.807, 2.05) is 7.05 Å². The second kappa shape index (κ2) is 12.9. The second-order valence-electron chi connectivity index (χ2n) is 6.84. The number of halogens is 1. The molecule has 1 aliphatic heterocycles. The minimum absolute atomic E-state index is 0. The molecule has 27 heavy (non-hydrogen) atoms. The lowest BCUT2D eigenvalue weighted by Gasteiger charge is -2.39. The minimum Gasteiger partial charge on any atom is -0.379 e. The number of hydrogen-bond donors (Lipinski definition) is 2. The van der Waals surface area contributed by atoms with Crippen LogP contribution in [0.25, 0.3) is 0 Å². The molecule has 1 saturated heterocycles. The molecule has 2 N–H and O–H groups in total. The molecule has 1 atom stereocenters. The Morgan fingerprint density at radius 1 is 1.22 bits per heavy atom. The molecule has 0 radical (unpaired) electrons.